The fourth-order valence-electron chi connectivity index (χ4n) is 3.06. The number of benzene rings is 2. The Morgan fingerprint density at radius 2 is 1.90 bits per heavy atom. The van der Waals surface area contributed by atoms with Gasteiger partial charge in [-0.3, -0.25) is 20.2 Å². The smallest absolute Gasteiger partial charge is 0.259 e. The van der Waals surface area contributed by atoms with Crippen molar-refractivity contribution in [3.63, 3.8) is 0 Å². The monoisotopic (exact) mass is 463 g/mol. The van der Waals surface area contributed by atoms with Gasteiger partial charge in [-0.2, -0.15) is 4.98 Å². The normalized spacial score (nSPS) is 10.6. The number of H-pyrrole nitrogens is 1. The van der Waals surface area contributed by atoms with Crippen LogP contribution in [0.4, 0.5) is 5.95 Å². The molecule has 2 aromatic heterocycles. The highest BCUT2D eigenvalue weighted by atomic mass is 79.9. The number of hydrogen-bond acceptors (Lipinski definition) is 5. The van der Waals surface area contributed by atoms with Gasteiger partial charge < -0.3 is 4.74 Å². The van der Waals surface area contributed by atoms with Gasteiger partial charge in [0.1, 0.15) is 5.75 Å². The zero-order valence-corrected chi connectivity index (χ0v) is 17.9. The molecule has 0 fully saturated rings. The zero-order chi connectivity index (χ0) is 21.1. The Hall–Kier alpha value is -3.52. The quantitative estimate of drug-likeness (QED) is 0.440. The number of aromatic amines is 1. The molecule has 0 aliphatic carbocycles. The van der Waals surface area contributed by atoms with E-state index in [9.17, 15) is 4.79 Å². The van der Waals surface area contributed by atoms with Gasteiger partial charge in [-0.1, -0.05) is 40.2 Å². The first kappa shape index (κ1) is 19.8. The van der Waals surface area contributed by atoms with Crippen LogP contribution in [0.1, 0.15) is 16.1 Å². The van der Waals surface area contributed by atoms with Crippen molar-refractivity contribution >= 4 is 27.8 Å². The SMILES string of the molecule is COc1ccccc1-c1nc(NC(=O)c2ccc(-c3cccc(Br)c3)nc2C)n[nH]1. The van der Waals surface area contributed by atoms with Gasteiger partial charge in [-0.25, -0.2) is 0 Å². The number of aromatic nitrogens is 4. The number of anilines is 1. The standard InChI is InChI=1S/C22H18BrN5O2/c1-13-16(10-11-18(24-13)14-6-5-7-15(23)12-14)21(29)26-22-25-20(27-28-22)17-8-3-4-9-19(17)30-2/h3-12H,1-2H3,(H2,25,26,27,28,29). The maximum absolute atomic E-state index is 12.7. The number of nitrogens with zero attached hydrogens (tertiary/aromatic N) is 3. The first-order valence-electron chi connectivity index (χ1n) is 9.16. The summed E-state index contributed by atoms with van der Waals surface area (Å²) in [7, 11) is 1.59. The second-order valence-corrected chi connectivity index (χ2v) is 7.42. The van der Waals surface area contributed by atoms with Gasteiger partial charge in [0.15, 0.2) is 5.82 Å². The molecular weight excluding hydrogens is 446 g/mol. The molecule has 1 amide bonds. The third kappa shape index (κ3) is 4.08. The van der Waals surface area contributed by atoms with Crippen molar-refractivity contribution in [2.24, 2.45) is 0 Å². The van der Waals surface area contributed by atoms with Crippen LogP contribution < -0.4 is 10.1 Å². The fraction of sp³-hybridized carbons (Fsp3) is 0.0909. The molecule has 0 saturated heterocycles. The second kappa shape index (κ2) is 8.46. The fourth-order valence-corrected chi connectivity index (χ4v) is 3.46. The molecule has 150 valence electrons. The Bertz CT molecular complexity index is 1220. The minimum absolute atomic E-state index is 0.177. The molecule has 0 aliphatic rings. The molecule has 0 radical (unpaired) electrons. The van der Waals surface area contributed by atoms with Crippen LogP contribution in [0, 0.1) is 6.92 Å². The Morgan fingerprint density at radius 1 is 1.07 bits per heavy atom. The summed E-state index contributed by atoms with van der Waals surface area (Å²) in [6.07, 6.45) is 0. The zero-order valence-electron chi connectivity index (χ0n) is 16.3. The average Bonchev–Trinajstić information content (AvgIpc) is 3.21. The summed E-state index contributed by atoms with van der Waals surface area (Å²) < 4.78 is 6.31. The summed E-state index contributed by atoms with van der Waals surface area (Å²) in [6.45, 7) is 1.80. The number of pyridine rings is 1. The minimum atomic E-state index is -0.327. The van der Waals surface area contributed by atoms with E-state index in [-0.39, 0.29) is 11.9 Å². The number of ether oxygens (including phenoxy) is 1. The third-order valence-corrected chi connectivity index (χ3v) is 5.02. The maximum atomic E-state index is 12.7. The van der Waals surface area contributed by atoms with E-state index in [4.69, 9.17) is 4.74 Å². The number of methoxy groups -OCH3 is 1. The van der Waals surface area contributed by atoms with Crippen LogP contribution in [0.2, 0.25) is 0 Å². The van der Waals surface area contributed by atoms with Gasteiger partial charge >= 0.3 is 0 Å². The summed E-state index contributed by atoms with van der Waals surface area (Å²) in [5.74, 6) is 1.01. The number of aryl methyl sites for hydroxylation is 1. The highest BCUT2D eigenvalue weighted by Crippen LogP contribution is 2.27. The summed E-state index contributed by atoms with van der Waals surface area (Å²) in [6, 6.07) is 18.9. The van der Waals surface area contributed by atoms with E-state index in [0.29, 0.717) is 22.8 Å². The molecular formula is C22H18BrN5O2. The minimum Gasteiger partial charge on any atom is -0.496 e. The molecule has 30 heavy (non-hydrogen) atoms. The molecule has 0 spiro atoms. The van der Waals surface area contributed by atoms with Crippen LogP contribution in [-0.4, -0.2) is 33.2 Å². The Balaban J connectivity index is 1.54. The molecule has 8 heteroatoms. The van der Waals surface area contributed by atoms with Crippen LogP contribution >= 0.6 is 15.9 Å². The summed E-state index contributed by atoms with van der Waals surface area (Å²) in [5.41, 5.74) is 3.59. The summed E-state index contributed by atoms with van der Waals surface area (Å²) in [4.78, 5) is 21.7. The van der Waals surface area contributed by atoms with Gasteiger partial charge in [0, 0.05) is 10.0 Å². The molecule has 7 nitrogen and oxygen atoms in total. The van der Waals surface area contributed by atoms with Crippen LogP contribution in [0.25, 0.3) is 22.6 Å². The van der Waals surface area contributed by atoms with Crippen LogP contribution in [-0.2, 0) is 0 Å². The Kier molecular flexibility index (Phi) is 5.58. The number of amides is 1. The summed E-state index contributed by atoms with van der Waals surface area (Å²) in [5, 5.41) is 9.63. The average molecular weight is 464 g/mol. The lowest BCUT2D eigenvalue weighted by Crippen LogP contribution is -2.15. The lowest BCUT2D eigenvalue weighted by atomic mass is 10.1. The van der Waals surface area contributed by atoms with Gasteiger partial charge in [0.25, 0.3) is 5.91 Å². The van der Waals surface area contributed by atoms with E-state index in [2.05, 4.69) is 41.4 Å². The molecule has 4 rings (SSSR count). The van der Waals surface area contributed by atoms with Crippen molar-refractivity contribution in [2.45, 2.75) is 6.92 Å². The highest BCUT2D eigenvalue weighted by Gasteiger charge is 2.16. The predicted octanol–water partition coefficient (Wildman–Crippen LogP) is 4.87. The molecule has 0 bridgehead atoms. The van der Waals surface area contributed by atoms with Crippen molar-refractivity contribution in [1.82, 2.24) is 20.2 Å². The van der Waals surface area contributed by atoms with Crippen molar-refractivity contribution in [1.29, 1.82) is 0 Å². The van der Waals surface area contributed by atoms with Gasteiger partial charge in [0.2, 0.25) is 5.95 Å². The molecule has 2 aromatic carbocycles. The number of hydrogen-bond donors (Lipinski definition) is 2. The lowest BCUT2D eigenvalue weighted by Gasteiger charge is -2.08. The first-order chi connectivity index (χ1) is 14.5. The van der Waals surface area contributed by atoms with Crippen LogP contribution in [0.5, 0.6) is 5.75 Å². The van der Waals surface area contributed by atoms with E-state index >= 15 is 0 Å². The van der Waals surface area contributed by atoms with Crippen molar-refractivity contribution < 1.29 is 9.53 Å². The number of carbonyl (C=O) groups excluding carboxylic acids is 1. The van der Waals surface area contributed by atoms with E-state index in [1.54, 1.807) is 20.1 Å². The molecule has 4 aromatic rings. The molecule has 2 N–H and O–H groups in total. The highest BCUT2D eigenvalue weighted by molar-refractivity contribution is 9.10. The number of rotatable bonds is 5. The lowest BCUT2D eigenvalue weighted by molar-refractivity contribution is 0.102. The predicted molar refractivity (Wildman–Crippen MR) is 118 cm³/mol. The molecule has 0 unspecified atom stereocenters. The van der Waals surface area contributed by atoms with Gasteiger partial charge in [-0.15, -0.1) is 5.10 Å². The van der Waals surface area contributed by atoms with E-state index in [1.807, 2.05) is 54.6 Å². The number of para-hydroxylation sites is 1. The van der Waals surface area contributed by atoms with Crippen molar-refractivity contribution in [3.05, 3.63) is 76.4 Å². The first-order valence-corrected chi connectivity index (χ1v) is 9.95. The largest absolute Gasteiger partial charge is 0.496 e. The molecule has 2 heterocycles. The van der Waals surface area contributed by atoms with E-state index < -0.39 is 0 Å². The Labute approximate surface area is 181 Å². The summed E-state index contributed by atoms with van der Waals surface area (Å²) >= 11 is 3.46. The van der Waals surface area contributed by atoms with Crippen LogP contribution in [0.15, 0.2) is 65.1 Å². The van der Waals surface area contributed by atoms with E-state index in [1.165, 1.54) is 0 Å². The topological polar surface area (TPSA) is 92.8 Å². The molecule has 0 aliphatic heterocycles. The molecule has 0 saturated carbocycles. The number of halogens is 1. The van der Waals surface area contributed by atoms with E-state index in [0.717, 1.165) is 21.3 Å². The maximum Gasteiger partial charge on any atom is 0.259 e. The Morgan fingerprint density at radius 3 is 2.67 bits per heavy atom. The van der Waals surface area contributed by atoms with Crippen LogP contribution in [0.3, 0.4) is 0 Å². The van der Waals surface area contributed by atoms with Gasteiger partial charge in [0.05, 0.1) is 29.6 Å². The van der Waals surface area contributed by atoms with Gasteiger partial charge in [-0.05, 0) is 43.3 Å². The molecule has 0 atom stereocenters. The number of carbonyl (C=O) groups is 1. The second-order valence-electron chi connectivity index (χ2n) is 6.50. The number of nitrogens with one attached hydrogen (secondary N) is 2. The van der Waals surface area contributed by atoms with Crippen molar-refractivity contribution in [2.75, 3.05) is 12.4 Å². The third-order valence-electron chi connectivity index (χ3n) is 4.52. The van der Waals surface area contributed by atoms with Crippen molar-refractivity contribution in [3.8, 4) is 28.4 Å².